The van der Waals surface area contributed by atoms with Crippen molar-refractivity contribution in [3.63, 3.8) is 0 Å². The normalized spacial score (nSPS) is 19.4. The first-order valence-corrected chi connectivity index (χ1v) is 7.93. The topological polar surface area (TPSA) is 57.2 Å². The Morgan fingerprint density at radius 2 is 2.09 bits per heavy atom. The van der Waals surface area contributed by atoms with E-state index in [2.05, 4.69) is 6.07 Å². The van der Waals surface area contributed by atoms with Crippen molar-refractivity contribution in [1.82, 2.24) is 4.90 Å². The molecule has 0 spiro atoms. The molecule has 1 aromatic carbocycles. The third-order valence-electron chi connectivity index (χ3n) is 4.36. The molecule has 0 bridgehead atoms. The molecule has 118 valence electrons. The first-order valence-electron chi connectivity index (χ1n) is 7.93. The monoisotopic (exact) mass is 308 g/mol. The first kappa shape index (κ1) is 15.4. The Hall–Kier alpha value is -2.54. The summed E-state index contributed by atoms with van der Waals surface area (Å²) >= 11 is 0. The van der Waals surface area contributed by atoms with Gasteiger partial charge in [-0.1, -0.05) is 12.1 Å². The zero-order valence-electron chi connectivity index (χ0n) is 13.4. The summed E-state index contributed by atoms with van der Waals surface area (Å²) in [7, 11) is 0. The average Bonchev–Trinajstić information content (AvgIpc) is 3.17. The molecule has 0 radical (unpaired) electrons. The molecule has 1 aromatic heterocycles. The van der Waals surface area contributed by atoms with Crippen LogP contribution in [0, 0.1) is 17.2 Å². The summed E-state index contributed by atoms with van der Waals surface area (Å²) in [6.07, 6.45) is 2.52. The van der Waals surface area contributed by atoms with E-state index in [1.807, 2.05) is 43.0 Å². The van der Waals surface area contributed by atoms with E-state index >= 15 is 0 Å². The number of benzene rings is 1. The molecule has 2 aromatic rings. The fourth-order valence-electron chi connectivity index (χ4n) is 2.89. The number of hydrogen-bond acceptors (Lipinski definition) is 3. The molecule has 23 heavy (non-hydrogen) atoms. The van der Waals surface area contributed by atoms with Gasteiger partial charge >= 0.3 is 0 Å². The molecule has 2 unspecified atom stereocenters. The van der Waals surface area contributed by atoms with Crippen LogP contribution in [0.3, 0.4) is 0 Å². The predicted molar refractivity (Wildman–Crippen MR) is 86.4 cm³/mol. The van der Waals surface area contributed by atoms with Crippen LogP contribution in [0.2, 0.25) is 0 Å². The van der Waals surface area contributed by atoms with Gasteiger partial charge in [0, 0.05) is 24.4 Å². The minimum Gasteiger partial charge on any atom is -0.469 e. The molecule has 4 heteroatoms. The fraction of sp³-hybridized carbons (Fsp3) is 0.368. The Labute approximate surface area is 136 Å². The molecule has 1 aliphatic rings. The van der Waals surface area contributed by atoms with E-state index in [-0.39, 0.29) is 23.8 Å². The quantitative estimate of drug-likeness (QED) is 0.846. The van der Waals surface area contributed by atoms with Gasteiger partial charge in [-0.15, -0.1) is 0 Å². The highest BCUT2D eigenvalue weighted by Crippen LogP contribution is 2.48. The highest BCUT2D eigenvalue weighted by Gasteiger charge is 2.47. The maximum Gasteiger partial charge on any atom is 0.226 e. The highest BCUT2D eigenvalue weighted by molar-refractivity contribution is 5.83. The first-order chi connectivity index (χ1) is 11.1. The van der Waals surface area contributed by atoms with Crippen LogP contribution in [0.25, 0.3) is 0 Å². The fourth-order valence-corrected chi connectivity index (χ4v) is 2.89. The van der Waals surface area contributed by atoms with Gasteiger partial charge in [0.15, 0.2) is 0 Å². The smallest absolute Gasteiger partial charge is 0.226 e. The van der Waals surface area contributed by atoms with Crippen LogP contribution in [-0.4, -0.2) is 16.8 Å². The van der Waals surface area contributed by atoms with E-state index in [1.54, 1.807) is 18.4 Å². The number of carbonyl (C=O) groups is 1. The second-order valence-electron chi connectivity index (χ2n) is 6.33. The molecule has 1 amide bonds. The molecule has 0 aliphatic heterocycles. The lowest BCUT2D eigenvalue weighted by atomic mass is 10.1. The van der Waals surface area contributed by atoms with Crippen molar-refractivity contribution in [3.05, 3.63) is 59.5 Å². The number of nitriles is 1. The lowest BCUT2D eigenvalue weighted by Gasteiger charge is -2.27. The van der Waals surface area contributed by atoms with E-state index in [4.69, 9.17) is 9.68 Å². The van der Waals surface area contributed by atoms with Crippen LogP contribution in [0.4, 0.5) is 0 Å². The maximum absolute atomic E-state index is 12.8. The van der Waals surface area contributed by atoms with Gasteiger partial charge in [0.25, 0.3) is 0 Å². The van der Waals surface area contributed by atoms with Crippen molar-refractivity contribution >= 4 is 5.91 Å². The van der Waals surface area contributed by atoms with E-state index in [0.717, 1.165) is 17.7 Å². The van der Waals surface area contributed by atoms with E-state index < -0.39 is 0 Å². The molecular weight excluding hydrogens is 288 g/mol. The molecule has 1 saturated carbocycles. The SMILES string of the molecule is CC(C)N(Cc1ccc(C#N)cc1)C(=O)C1CC1c1ccco1. The van der Waals surface area contributed by atoms with Gasteiger partial charge in [0.05, 0.1) is 17.9 Å². The van der Waals surface area contributed by atoms with Crippen molar-refractivity contribution in [2.45, 2.75) is 38.8 Å². The van der Waals surface area contributed by atoms with E-state index in [9.17, 15) is 4.79 Å². The molecule has 4 nitrogen and oxygen atoms in total. The summed E-state index contributed by atoms with van der Waals surface area (Å²) in [6.45, 7) is 4.64. The Balaban J connectivity index is 1.69. The summed E-state index contributed by atoms with van der Waals surface area (Å²) in [6, 6.07) is 13.5. The standard InChI is InChI=1S/C19H20N2O2/c1-13(2)21(12-15-7-5-14(11-20)6-8-15)19(22)17-10-16(17)18-4-3-9-23-18/h3-9,13,16-17H,10,12H2,1-2H3. The van der Waals surface area contributed by atoms with Crippen LogP contribution in [0.1, 0.15) is 43.1 Å². The lowest BCUT2D eigenvalue weighted by Crippen LogP contribution is -2.37. The number of hydrogen-bond donors (Lipinski definition) is 0. The third-order valence-corrected chi connectivity index (χ3v) is 4.36. The van der Waals surface area contributed by atoms with Crippen molar-refractivity contribution < 1.29 is 9.21 Å². The van der Waals surface area contributed by atoms with Crippen LogP contribution in [-0.2, 0) is 11.3 Å². The van der Waals surface area contributed by atoms with Gasteiger partial charge in [0.1, 0.15) is 5.76 Å². The third kappa shape index (κ3) is 3.29. The Morgan fingerprint density at radius 3 is 2.65 bits per heavy atom. The summed E-state index contributed by atoms with van der Waals surface area (Å²) in [5.74, 6) is 1.35. The van der Waals surface area contributed by atoms with Crippen molar-refractivity contribution in [2.75, 3.05) is 0 Å². The summed E-state index contributed by atoms with van der Waals surface area (Å²) in [5, 5.41) is 8.86. The van der Waals surface area contributed by atoms with Crippen LogP contribution < -0.4 is 0 Å². The molecule has 2 atom stereocenters. The molecular formula is C19H20N2O2. The molecule has 3 rings (SSSR count). The number of carbonyl (C=O) groups excluding carboxylic acids is 1. The van der Waals surface area contributed by atoms with Crippen molar-refractivity contribution in [2.24, 2.45) is 5.92 Å². The minimum absolute atomic E-state index is 0.0296. The van der Waals surface area contributed by atoms with Crippen LogP contribution in [0.5, 0.6) is 0 Å². The molecule has 1 heterocycles. The van der Waals surface area contributed by atoms with E-state index in [1.165, 1.54) is 0 Å². The average molecular weight is 308 g/mol. The number of rotatable bonds is 5. The zero-order chi connectivity index (χ0) is 16.4. The number of amides is 1. The second kappa shape index (κ2) is 6.29. The van der Waals surface area contributed by atoms with Crippen LogP contribution in [0.15, 0.2) is 47.1 Å². The minimum atomic E-state index is 0.0296. The Bertz CT molecular complexity index is 711. The molecule has 1 aliphatic carbocycles. The van der Waals surface area contributed by atoms with Gasteiger partial charge in [-0.05, 0) is 50.1 Å². The van der Waals surface area contributed by atoms with Gasteiger partial charge in [-0.2, -0.15) is 5.26 Å². The second-order valence-corrected chi connectivity index (χ2v) is 6.33. The summed E-state index contributed by atoms with van der Waals surface area (Å²) in [4.78, 5) is 14.7. The van der Waals surface area contributed by atoms with Gasteiger partial charge in [-0.25, -0.2) is 0 Å². The van der Waals surface area contributed by atoms with Crippen molar-refractivity contribution in [3.8, 4) is 6.07 Å². The molecule has 0 saturated heterocycles. The Morgan fingerprint density at radius 1 is 1.35 bits per heavy atom. The van der Waals surface area contributed by atoms with Crippen LogP contribution >= 0.6 is 0 Å². The van der Waals surface area contributed by atoms with E-state index in [0.29, 0.717) is 12.1 Å². The Kier molecular flexibility index (Phi) is 4.20. The maximum atomic E-state index is 12.8. The summed E-state index contributed by atoms with van der Waals surface area (Å²) in [5.41, 5.74) is 1.68. The summed E-state index contributed by atoms with van der Waals surface area (Å²) < 4.78 is 5.42. The van der Waals surface area contributed by atoms with Gasteiger partial charge in [0.2, 0.25) is 5.91 Å². The van der Waals surface area contributed by atoms with Gasteiger partial charge in [-0.3, -0.25) is 4.79 Å². The highest BCUT2D eigenvalue weighted by atomic mass is 16.3. The molecule has 1 fully saturated rings. The number of furan rings is 1. The lowest BCUT2D eigenvalue weighted by molar-refractivity contribution is -0.135. The number of nitrogens with zero attached hydrogens (tertiary/aromatic N) is 2. The predicted octanol–water partition coefficient (Wildman–Crippen LogP) is 3.69. The zero-order valence-corrected chi connectivity index (χ0v) is 13.4. The molecule has 0 N–H and O–H groups in total. The van der Waals surface area contributed by atoms with Crippen molar-refractivity contribution in [1.29, 1.82) is 5.26 Å². The van der Waals surface area contributed by atoms with Gasteiger partial charge < -0.3 is 9.32 Å². The largest absolute Gasteiger partial charge is 0.469 e.